The third-order valence-corrected chi connectivity index (χ3v) is 3.62. The van der Waals surface area contributed by atoms with Crippen molar-refractivity contribution in [3.05, 3.63) is 5.82 Å². The smallest absolute Gasteiger partial charge is 0.181 e. The largest absolute Gasteiger partial charge is 0.453 e. The van der Waals surface area contributed by atoms with E-state index in [9.17, 15) is 13.2 Å². The van der Waals surface area contributed by atoms with E-state index in [4.69, 9.17) is 58.0 Å². The van der Waals surface area contributed by atoms with Crippen LogP contribution in [0.2, 0.25) is 0 Å². The Morgan fingerprint density at radius 3 is 1.88 bits per heavy atom. The first kappa shape index (κ1) is 14.4. The minimum atomic E-state index is -4.88. The maximum Gasteiger partial charge on any atom is 0.453 e. The Morgan fingerprint density at radius 2 is 1.50 bits per heavy atom. The van der Waals surface area contributed by atoms with Gasteiger partial charge in [-0.05, 0) is 10.4 Å². The van der Waals surface area contributed by atoms with Crippen LogP contribution < -0.4 is 0 Å². The lowest BCUT2D eigenvalue weighted by Crippen LogP contribution is -2.38. The summed E-state index contributed by atoms with van der Waals surface area (Å²) in [5, 5.41) is 8.40. The van der Waals surface area contributed by atoms with Crippen molar-refractivity contribution >= 4 is 58.0 Å². The highest BCUT2D eigenvalue weighted by molar-refractivity contribution is 6.74. The molecule has 0 aromatic carbocycles. The Kier molecular flexibility index (Phi) is 3.78. The molecule has 1 heterocycles. The lowest BCUT2D eigenvalue weighted by molar-refractivity contribution is -0.148. The van der Waals surface area contributed by atoms with Crippen molar-refractivity contribution in [2.45, 2.75) is 14.4 Å². The molecular weight excluding hydrogens is 338 g/mol. The van der Waals surface area contributed by atoms with Gasteiger partial charge in [0, 0.05) is 0 Å². The van der Waals surface area contributed by atoms with Gasteiger partial charge in [-0.25, -0.2) is 0 Å². The lowest BCUT2D eigenvalue weighted by atomic mass is 10.5. The second kappa shape index (κ2) is 4.20. The summed E-state index contributed by atoms with van der Waals surface area (Å²) in [6.07, 6.45) is -4.88. The average Bonchev–Trinajstić information content (AvgIpc) is 2.47. The van der Waals surface area contributed by atoms with Gasteiger partial charge >= 0.3 is 6.18 Å². The van der Waals surface area contributed by atoms with Gasteiger partial charge in [0.25, 0.3) is 10.3 Å². The van der Waals surface area contributed by atoms with Crippen LogP contribution in [0.4, 0.5) is 13.2 Å². The van der Waals surface area contributed by atoms with Crippen LogP contribution in [0, 0.1) is 0 Å². The van der Waals surface area contributed by atoms with Crippen LogP contribution >= 0.6 is 58.0 Å². The van der Waals surface area contributed by atoms with Crippen LogP contribution in [0.25, 0.3) is 0 Å². The van der Waals surface area contributed by atoms with E-state index in [2.05, 4.69) is 15.5 Å². The molecule has 0 aliphatic carbocycles. The van der Waals surface area contributed by atoms with Crippen molar-refractivity contribution in [2.24, 2.45) is 0 Å². The molecule has 1 rings (SSSR count). The maximum absolute atomic E-state index is 12.4. The molecule has 0 spiro atoms. The molecule has 0 N–H and O–H groups in total. The zero-order valence-corrected chi connectivity index (χ0v) is 10.6. The van der Waals surface area contributed by atoms with Gasteiger partial charge in [-0.1, -0.05) is 58.0 Å². The van der Waals surface area contributed by atoms with E-state index in [0.717, 1.165) is 0 Å². The molecule has 0 aliphatic heterocycles. The Morgan fingerprint density at radius 1 is 1.00 bits per heavy atom. The predicted molar refractivity (Wildman–Crippen MR) is 52.8 cm³/mol. The second-order valence-corrected chi connectivity index (χ2v) is 6.02. The van der Waals surface area contributed by atoms with Gasteiger partial charge in [0.05, 0.1) is 0 Å². The van der Waals surface area contributed by atoms with E-state index in [-0.39, 0.29) is 4.68 Å². The number of alkyl halides is 8. The molecular formula is C4Cl5F3N4. The summed E-state index contributed by atoms with van der Waals surface area (Å²) in [5.74, 6) is -1.58. The summed E-state index contributed by atoms with van der Waals surface area (Å²) >= 11 is 26.9. The normalized spacial score (nSPS) is 14.2. The summed E-state index contributed by atoms with van der Waals surface area (Å²) in [4.78, 5) is 0. The first-order valence-corrected chi connectivity index (χ1v) is 5.17. The first-order valence-electron chi connectivity index (χ1n) is 3.28. The second-order valence-electron chi connectivity index (χ2n) is 2.45. The zero-order chi connectivity index (χ0) is 12.8. The summed E-state index contributed by atoms with van der Waals surface area (Å²) in [6.45, 7) is 0. The Hall–Kier alpha value is 0.310. The number of halogens is 8. The van der Waals surface area contributed by atoms with Crippen LogP contribution in [-0.4, -0.2) is 24.0 Å². The first-order chi connectivity index (χ1) is 6.98. The van der Waals surface area contributed by atoms with E-state index in [1.54, 1.807) is 0 Å². The molecule has 0 saturated heterocycles. The summed E-state index contributed by atoms with van der Waals surface area (Å²) in [7, 11) is 0. The summed E-state index contributed by atoms with van der Waals surface area (Å²) in [5.41, 5.74) is 0. The molecule has 12 heteroatoms. The number of hydrogen-bond donors (Lipinski definition) is 0. The molecule has 1 aromatic heterocycles. The van der Waals surface area contributed by atoms with E-state index in [1.807, 2.05) is 0 Å². The van der Waals surface area contributed by atoms with Crippen LogP contribution in [0.3, 0.4) is 0 Å². The molecule has 0 unspecified atom stereocenters. The fourth-order valence-electron chi connectivity index (χ4n) is 0.673. The maximum atomic E-state index is 12.4. The standard InChI is InChI=1S/C4Cl5F3N4/c5-3(6,7)4(8,9)16-1(2(10,11)12)13-14-15-16. The van der Waals surface area contributed by atoms with Gasteiger partial charge < -0.3 is 0 Å². The highest BCUT2D eigenvalue weighted by atomic mass is 35.6. The summed E-state index contributed by atoms with van der Waals surface area (Å²) in [6, 6.07) is 0. The number of nitrogens with zero attached hydrogens (tertiary/aromatic N) is 4. The number of aromatic nitrogens is 4. The van der Waals surface area contributed by atoms with Gasteiger partial charge in [0.1, 0.15) is 0 Å². The molecule has 0 radical (unpaired) electrons. The molecule has 0 bridgehead atoms. The van der Waals surface area contributed by atoms with Crippen molar-refractivity contribution < 1.29 is 13.2 Å². The molecule has 16 heavy (non-hydrogen) atoms. The van der Waals surface area contributed by atoms with Crippen LogP contribution in [-0.2, 0) is 10.6 Å². The molecule has 0 atom stereocenters. The van der Waals surface area contributed by atoms with Gasteiger partial charge in [0.2, 0.25) is 3.79 Å². The average molecular weight is 338 g/mol. The third-order valence-electron chi connectivity index (χ3n) is 1.33. The van der Waals surface area contributed by atoms with Crippen molar-refractivity contribution in [1.29, 1.82) is 0 Å². The van der Waals surface area contributed by atoms with Gasteiger partial charge in [-0.3, -0.25) is 0 Å². The van der Waals surface area contributed by atoms with Crippen LogP contribution in [0.15, 0.2) is 0 Å². The molecule has 0 fully saturated rings. The Labute approximate surface area is 112 Å². The highest BCUT2D eigenvalue weighted by Crippen LogP contribution is 2.50. The topological polar surface area (TPSA) is 43.6 Å². The lowest BCUT2D eigenvalue weighted by Gasteiger charge is -2.27. The number of hydrogen-bond acceptors (Lipinski definition) is 3. The number of rotatable bonds is 1. The zero-order valence-electron chi connectivity index (χ0n) is 6.81. The third kappa shape index (κ3) is 2.59. The van der Waals surface area contributed by atoms with Crippen molar-refractivity contribution in [1.82, 2.24) is 20.2 Å². The molecule has 92 valence electrons. The van der Waals surface area contributed by atoms with Gasteiger partial charge in [-0.2, -0.15) is 17.9 Å². The van der Waals surface area contributed by atoms with Gasteiger partial charge in [-0.15, -0.1) is 5.10 Å². The Bertz CT molecular complexity index is 382. The fourth-order valence-corrected chi connectivity index (χ4v) is 1.14. The predicted octanol–water partition coefficient (Wildman–Crippen LogP) is 3.15. The minimum Gasteiger partial charge on any atom is -0.181 e. The SMILES string of the molecule is FC(F)(F)c1nnnn1C(Cl)(Cl)C(Cl)(Cl)Cl. The Balaban J connectivity index is 3.31. The fraction of sp³-hybridized carbons (Fsp3) is 0.750. The molecule has 1 aromatic rings. The van der Waals surface area contributed by atoms with Crippen molar-refractivity contribution in [2.75, 3.05) is 0 Å². The molecule has 0 saturated carbocycles. The van der Waals surface area contributed by atoms with E-state index < -0.39 is 20.3 Å². The van der Waals surface area contributed by atoms with Crippen LogP contribution in [0.5, 0.6) is 0 Å². The van der Waals surface area contributed by atoms with Crippen molar-refractivity contribution in [3.63, 3.8) is 0 Å². The molecule has 0 amide bonds. The highest BCUT2D eigenvalue weighted by Gasteiger charge is 2.53. The van der Waals surface area contributed by atoms with Crippen LogP contribution in [0.1, 0.15) is 5.82 Å². The van der Waals surface area contributed by atoms with E-state index in [1.165, 1.54) is 0 Å². The minimum absolute atomic E-state index is 0.0247. The quantitative estimate of drug-likeness (QED) is 0.739. The monoisotopic (exact) mass is 336 g/mol. The van der Waals surface area contributed by atoms with Gasteiger partial charge in [0.15, 0.2) is 0 Å². The number of tetrazole rings is 1. The molecule has 4 nitrogen and oxygen atoms in total. The summed E-state index contributed by atoms with van der Waals surface area (Å²) < 4.78 is 32.1. The van der Waals surface area contributed by atoms with E-state index in [0.29, 0.717) is 0 Å². The van der Waals surface area contributed by atoms with Crippen molar-refractivity contribution in [3.8, 4) is 0 Å². The van der Waals surface area contributed by atoms with E-state index >= 15 is 0 Å². The molecule has 0 aliphatic rings.